The van der Waals surface area contributed by atoms with E-state index in [0.717, 1.165) is 0 Å². The highest BCUT2D eigenvalue weighted by molar-refractivity contribution is 6.15. The van der Waals surface area contributed by atoms with Crippen molar-refractivity contribution in [1.82, 2.24) is 0 Å². The Hall–Kier alpha value is -2.66. The van der Waals surface area contributed by atoms with Gasteiger partial charge in [-0.05, 0) is 30.3 Å². The average molecular weight is 281 g/mol. The number of benzene rings is 2. The van der Waals surface area contributed by atoms with Gasteiger partial charge in [-0.2, -0.15) is 0 Å². The van der Waals surface area contributed by atoms with Crippen LogP contribution in [0.5, 0.6) is 5.75 Å². The second-order valence-electron chi connectivity index (χ2n) is 5.14. The van der Waals surface area contributed by atoms with Crippen molar-refractivity contribution in [2.45, 2.75) is 11.7 Å². The van der Waals surface area contributed by atoms with Crippen LogP contribution in [-0.4, -0.2) is 22.9 Å². The number of anilines is 1. The van der Waals surface area contributed by atoms with E-state index < -0.39 is 11.7 Å². The van der Waals surface area contributed by atoms with Crippen LogP contribution in [0, 0.1) is 0 Å². The van der Waals surface area contributed by atoms with Crippen molar-refractivity contribution >= 4 is 17.4 Å². The maximum Gasteiger partial charge on any atom is 0.264 e. The van der Waals surface area contributed by atoms with Crippen molar-refractivity contribution in [3.8, 4) is 5.75 Å². The van der Waals surface area contributed by atoms with Gasteiger partial charge < -0.3 is 15.2 Å². The van der Waals surface area contributed by atoms with Crippen molar-refractivity contribution in [2.24, 2.45) is 0 Å². The number of ether oxygens (including phenoxy) is 1. The molecule has 0 radical (unpaired) electrons. The van der Waals surface area contributed by atoms with E-state index >= 15 is 0 Å². The molecule has 2 aromatic carbocycles. The fourth-order valence-electron chi connectivity index (χ4n) is 2.80. The molecule has 0 bridgehead atoms. The zero-order chi connectivity index (χ0) is 14.6. The summed E-state index contributed by atoms with van der Waals surface area (Å²) in [5.41, 5.74) is 0.605. The van der Waals surface area contributed by atoms with Crippen molar-refractivity contribution in [3.63, 3.8) is 0 Å². The van der Waals surface area contributed by atoms with Gasteiger partial charge in [-0.15, -0.1) is 0 Å². The van der Waals surface area contributed by atoms with Gasteiger partial charge in [0.25, 0.3) is 5.91 Å². The third-order valence-corrected chi connectivity index (χ3v) is 3.92. The van der Waals surface area contributed by atoms with E-state index in [2.05, 4.69) is 5.32 Å². The highest BCUT2D eigenvalue weighted by Gasteiger charge is 2.70. The Morgan fingerprint density at radius 3 is 2.62 bits per heavy atom. The van der Waals surface area contributed by atoms with Crippen LogP contribution in [0.3, 0.4) is 0 Å². The molecule has 1 fully saturated rings. The number of rotatable bonds is 2. The molecule has 0 unspecified atom stereocenters. The summed E-state index contributed by atoms with van der Waals surface area (Å²) in [6.45, 7) is 0. The van der Waals surface area contributed by atoms with Crippen molar-refractivity contribution < 1.29 is 19.4 Å². The van der Waals surface area contributed by atoms with E-state index in [9.17, 15) is 14.7 Å². The molecule has 5 nitrogen and oxygen atoms in total. The summed E-state index contributed by atoms with van der Waals surface area (Å²) in [6, 6.07) is 13.1. The fourth-order valence-corrected chi connectivity index (χ4v) is 2.80. The van der Waals surface area contributed by atoms with Crippen LogP contribution in [0.2, 0.25) is 0 Å². The molecule has 2 aliphatic rings. The number of epoxide rings is 1. The number of carbonyl (C=O) groups excluding carboxylic acids is 2. The van der Waals surface area contributed by atoms with Crippen LogP contribution >= 0.6 is 0 Å². The van der Waals surface area contributed by atoms with Gasteiger partial charge in [-0.1, -0.05) is 18.2 Å². The minimum absolute atomic E-state index is 0.0851. The van der Waals surface area contributed by atoms with Gasteiger partial charge in [0, 0.05) is 16.8 Å². The third-order valence-electron chi connectivity index (χ3n) is 3.92. The van der Waals surface area contributed by atoms with Crippen LogP contribution < -0.4 is 5.32 Å². The van der Waals surface area contributed by atoms with E-state index in [-0.39, 0.29) is 17.4 Å². The lowest BCUT2D eigenvalue weighted by Crippen LogP contribution is -2.27. The first kappa shape index (κ1) is 12.1. The summed E-state index contributed by atoms with van der Waals surface area (Å²) < 4.78 is 5.53. The number of para-hydroxylation sites is 1. The van der Waals surface area contributed by atoms with E-state index in [0.29, 0.717) is 16.8 Å². The largest absolute Gasteiger partial charge is 0.508 e. The number of hydrogen-bond donors (Lipinski definition) is 2. The lowest BCUT2D eigenvalue weighted by atomic mass is 9.92. The maximum absolute atomic E-state index is 12.4. The summed E-state index contributed by atoms with van der Waals surface area (Å²) in [4.78, 5) is 24.6. The topological polar surface area (TPSA) is 78.9 Å². The molecule has 2 aromatic rings. The third kappa shape index (κ3) is 1.55. The number of carbonyl (C=O) groups is 2. The van der Waals surface area contributed by atoms with Crippen LogP contribution in [0.15, 0.2) is 48.5 Å². The fraction of sp³-hybridized carbons (Fsp3) is 0.125. The summed E-state index contributed by atoms with van der Waals surface area (Å²) in [5, 5.41) is 12.0. The van der Waals surface area contributed by atoms with Gasteiger partial charge in [0.2, 0.25) is 5.60 Å². The maximum atomic E-state index is 12.4. The highest BCUT2D eigenvalue weighted by atomic mass is 16.6. The lowest BCUT2D eigenvalue weighted by molar-refractivity contribution is -0.120. The van der Waals surface area contributed by atoms with Gasteiger partial charge in [-0.3, -0.25) is 9.59 Å². The van der Waals surface area contributed by atoms with Crippen molar-refractivity contribution in [2.75, 3.05) is 5.32 Å². The molecule has 2 heterocycles. The number of phenolic OH excluding ortho intramolecular Hbond substituents is 1. The Morgan fingerprint density at radius 1 is 1.14 bits per heavy atom. The summed E-state index contributed by atoms with van der Waals surface area (Å²) in [7, 11) is 0. The number of ketones is 1. The number of amides is 1. The van der Waals surface area contributed by atoms with Crippen molar-refractivity contribution in [3.05, 3.63) is 59.7 Å². The predicted molar refractivity (Wildman–Crippen MR) is 74.1 cm³/mol. The molecule has 0 aromatic heterocycles. The van der Waals surface area contributed by atoms with Crippen LogP contribution in [0.25, 0.3) is 0 Å². The Labute approximate surface area is 120 Å². The molecule has 1 spiro atoms. The quantitative estimate of drug-likeness (QED) is 0.650. The number of Topliss-reactive ketones (excluding diaryl/α,β-unsaturated/α-hetero) is 1. The smallest absolute Gasteiger partial charge is 0.264 e. The highest BCUT2D eigenvalue weighted by Crippen LogP contribution is 2.54. The molecule has 1 saturated heterocycles. The molecule has 2 N–H and O–H groups in total. The van der Waals surface area contributed by atoms with Crippen LogP contribution in [0.4, 0.5) is 5.69 Å². The molecule has 4 rings (SSSR count). The number of phenols is 1. The first-order valence-electron chi connectivity index (χ1n) is 6.55. The minimum Gasteiger partial charge on any atom is -0.508 e. The molecule has 0 saturated carbocycles. The zero-order valence-corrected chi connectivity index (χ0v) is 10.9. The standard InChI is InChI=1S/C16H11NO4/c18-10-7-5-9(6-8-10)13(19)14-16(21-14)11-3-1-2-4-12(11)17-15(16)20/h1-8,14,18H,(H,17,20)/t14-,16+/m0/s1. The Kier molecular flexibility index (Phi) is 2.26. The van der Waals surface area contributed by atoms with Gasteiger partial charge >= 0.3 is 0 Å². The van der Waals surface area contributed by atoms with E-state index in [1.165, 1.54) is 24.3 Å². The summed E-state index contributed by atoms with van der Waals surface area (Å²) in [5.74, 6) is -0.482. The molecule has 21 heavy (non-hydrogen) atoms. The minimum atomic E-state index is -1.19. The SMILES string of the molecule is O=C(c1ccc(O)cc1)[C@@H]1O[C@@]12C(=O)Nc1ccccc12. The molecule has 1 amide bonds. The number of fused-ring (bicyclic) bond motifs is 2. The van der Waals surface area contributed by atoms with Gasteiger partial charge in [0.15, 0.2) is 11.9 Å². The first-order chi connectivity index (χ1) is 10.1. The number of hydrogen-bond acceptors (Lipinski definition) is 4. The summed E-state index contributed by atoms with van der Waals surface area (Å²) in [6.07, 6.45) is -0.814. The van der Waals surface area contributed by atoms with E-state index in [1.54, 1.807) is 12.1 Å². The molecule has 2 atom stereocenters. The van der Waals surface area contributed by atoms with Crippen LogP contribution in [-0.2, 0) is 15.1 Å². The molecular formula is C16H11NO4. The normalized spacial score (nSPS) is 25.5. The molecule has 5 heteroatoms. The zero-order valence-electron chi connectivity index (χ0n) is 10.9. The first-order valence-corrected chi connectivity index (χ1v) is 6.55. The lowest BCUT2D eigenvalue weighted by Gasteiger charge is -2.02. The van der Waals surface area contributed by atoms with Gasteiger partial charge in [0.1, 0.15) is 5.75 Å². The predicted octanol–water partition coefficient (Wildman–Crippen LogP) is 1.82. The van der Waals surface area contributed by atoms with E-state index in [4.69, 9.17) is 4.74 Å². The molecular weight excluding hydrogens is 270 g/mol. The second kappa shape index (κ2) is 3.93. The summed E-state index contributed by atoms with van der Waals surface area (Å²) >= 11 is 0. The number of nitrogens with one attached hydrogen (secondary N) is 1. The molecule has 0 aliphatic carbocycles. The second-order valence-corrected chi connectivity index (χ2v) is 5.14. The Bertz CT molecular complexity index is 768. The number of aromatic hydroxyl groups is 1. The van der Waals surface area contributed by atoms with Crippen LogP contribution in [0.1, 0.15) is 15.9 Å². The van der Waals surface area contributed by atoms with Gasteiger partial charge in [0.05, 0.1) is 0 Å². The average Bonchev–Trinajstić information content (AvgIpc) is 3.18. The van der Waals surface area contributed by atoms with Crippen molar-refractivity contribution in [1.29, 1.82) is 0 Å². The molecule has 104 valence electrons. The monoisotopic (exact) mass is 281 g/mol. The van der Waals surface area contributed by atoms with E-state index in [1.807, 2.05) is 12.1 Å². The Morgan fingerprint density at radius 2 is 1.86 bits per heavy atom. The van der Waals surface area contributed by atoms with Gasteiger partial charge in [-0.25, -0.2) is 0 Å². The Balaban J connectivity index is 1.70. The molecule has 2 aliphatic heterocycles.